The zero-order valence-electron chi connectivity index (χ0n) is 12.4. The molecule has 0 saturated heterocycles. The van der Waals surface area contributed by atoms with Crippen LogP contribution in [0.2, 0.25) is 0 Å². The molecule has 0 unspecified atom stereocenters. The van der Waals surface area contributed by atoms with Crippen LogP contribution >= 0.6 is 0 Å². The zero-order chi connectivity index (χ0) is 16.8. The van der Waals surface area contributed by atoms with E-state index in [-0.39, 0.29) is 17.4 Å². The largest absolute Gasteiger partial charge is 0.323 e. The number of ketones is 1. The molecule has 0 aliphatic carbocycles. The van der Waals surface area contributed by atoms with Gasteiger partial charge in [-0.2, -0.15) is 0 Å². The SMILES string of the molecule is CC(=O)c1ccc(NC(=O)/C=C\c2cccc([N+](=O)[O-])c2)cc1. The lowest BCUT2D eigenvalue weighted by Gasteiger charge is -2.02. The fourth-order valence-electron chi connectivity index (χ4n) is 1.89. The molecular formula is C17H14N2O4. The van der Waals surface area contributed by atoms with Gasteiger partial charge in [-0.15, -0.1) is 0 Å². The topological polar surface area (TPSA) is 89.3 Å². The Hall–Kier alpha value is -3.28. The van der Waals surface area contributed by atoms with E-state index in [1.807, 2.05) is 0 Å². The third-order valence-corrected chi connectivity index (χ3v) is 3.07. The number of hydrogen-bond donors (Lipinski definition) is 1. The van der Waals surface area contributed by atoms with Crippen LogP contribution in [-0.4, -0.2) is 16.6 Å². The van der Waals surface area contributed by atoms with E-state index >= 15 is 0 Å². The molecule has 1 N–H and O–H groups in total. The van der Waals surface area contributed by atoms with Crippen molar-refractivity contribution in [2.75, 3.05) is 5.32 Å². The standard InChI is InChI=1S/C17H14N2O4/c1-12(20)14-6-8-15(9-7-14)18-17(21)10-5-13-3-2-4-16(11-13)19(22)23/h2-11H,1H3,(H,18,21)/b10-5-. The summed E-state index contributed by atoms with van der Waals surface area (Å²) in [5.74, 6) is -0.416. The van der Waals surface area contributed by atoms with Crippen LogP contribution in [0.3, 0.4) is 0 Å². The Labute approximate surface area is 132 Å². The number of carbonyl (C=O) groups excluding carboxylic acids is 2. The first-order valence-corrected chi connectivity index (χ1v) is 6.80. The number of nitrogens with zero attached hydrogens (tertiary/aromatic N) is 1. The monoisotopic (exact) mass is 310 g/mol. The van der Waals surface area contributed by atoms with Gasteiger partial charge in [0.15, 0.2) is 5.78 Å². The van der Waals surface area contributed by atoms with Gasteiger partial charge in [0.05, 0.1) is 4.92 Å². The Morgan fingerprint density at radius 2 is 1.83 bits per heavy atom. The maximum Gasteiger partial charge on any atom is 0.270 e. The Morgan fingerprint density at radius 1 is 1.13 bits per heavy atom. The van der Waals surface area contributed by atoms with E-state index in [0.717, 1.165) is 0 Å². The number of hydrogen-bond acceptors (Lipinski definition) is 4. The number of carbonyl (C=O) groups is 2. The molecule has 0 saturated carbocycles. The van der Waals surface area contributed by atoms with Gasteiger partial charge in [-0.3, -0.25) is 19.7 Å². The van der Waals surface area contributed by atoms with Crippen LogP contribution in [0.15, 0.2) is 54.6 Å². The van der Waals surface area contributed by atoms with Crippen molar-refractivity contribution in [2.24, 2.45) is 0 Å². The molecule has 23 heavy (non-hydrogen) atoms. The summed E-state index contributed by atoms with van der Waals surface area (Å²) in [6, 6.07) is 12.5. The minimum Gasteiger partial charge on any atom is -0.323 e. The summed E-state index contributed by atoms with van der Waals surface area (Å²) in [6.45, 7) is 1.47. The maximum atomic E-state index is 11.8. The molecule has 0 aliphatic rings. The number of rotatable bonds is 5. The van der Waals surface area contributed by atoms with Gasteiger partial charge in [-0.25, -0.2) is 0 Å². The molecule has 1 amide bonds. The molecule has 0 fully saturated rings. The van der Waals surface area contributed by atoms with Crippen molar-refractivity contribution < 1.29 is 14.5 Å². The van der Waals surface area contributed by atoms with Gasteiger partial charge in [0.25, 0.3) is 5.69 Å². The van der Waals surface area contributed by atoms with Crippen LogP contribution in [0.4, 0.5) is 11.4 Å². The summed E-state index contributed by atoms with van der Waals surface area (Å²) in [6.07, 6.45) is 2.78. The van der Waals surface area contributed by atoms with Crippen molar-refractivity contribution >= 4 is 29.1 Å². The molecule has 2 aromatic rings. The van der Waals surface area contributed by atoms with Crippen molar-refractivity contribution in [3.8, 4) is 0 Å². The molecule has 0 spiro atoms. The summed E-state index contributed by atoms with van der Waals surface area (Å²) in [5.41, 5.74) is 1.65. The van der Waals surface area contributed by atoms with E-state index < -0.39 is 4.92 Å². The number of amides is 1. The quantitative estimate of drug-likeness (QED) is 0.396. The highest BCUT2D eigenvalue weighted by Crippen LogP contribution is 2.14. The van der Waals surface area contributed by atoms with Crippen molar-refractivity contribution in [3.63, 3.8) is 0 Å². The molecule has 2 aromatic carbocycles. The highest BCUT2D eigenvalue weighted by atomic mass is 16.6. The highest BCUT2D eigenvalue weighted by Gasteiger charge is 2.04. The summed E-state index contributed by atoms with van der Waals surface area (Å²) in [4.78, 5) is 33.2. The van der Waals surface area contributed by atoms with Crippen molar-refractivity contribution in [2.45, 2.75) is 6.92 Å². The minimum atomic E-state index is -0.492. The van der Waals surface area contributed by atoms with Crippen molar-refractivity contribution in [3.05, 3.63) is 75.8 Å². The molecule has 0 atom stereocenters. The predicted octanol–water partition coefficient (Wildman–Crippen LogP) is 3.45. The van der Waals surface area contributed by atoms with Crippen LogP contribution < -0.4 is 5.32 Å². The summed E-state index contributed by atoms with van der Waals surface area (Å²) >= 11 is 0. The number of non-ortho nitro benzene ring substituents is 1. The molecular weight excluding hydrogens is 296 g/mol. The first-order valence-electron chi connectivity index (χ1n) is 6.80. The third kappa shape index (κ3) is 4.60. The molecule has 0 radical (unpaired) electrons. The number of Topliss-reactive ketones (excluding diaryl/α,β-unsaturated/α-hetero) is 1. The molecule has 6 nitrogen and oxygen atoms in total. The Kier molecular flexibility index (Phi) is 4.99. The van der Waals surface area contributed by atoms with E-state index in [4.69, 9.17) is 0 Å². The van der Waals surface area contributed by atoms with Crippen LogP contribution in [0, 0.1) is 10.1 Å². The van der Waals surface area contributed by atoms with E-state index in [0.29, 0.717) is 16.8 Å². The molecule has 0 aliphatic heterocycles. The predicted molar refractivity (Wildman–Crippen MR) is 87.2 cm³/mol. The first-order chi connectivity index (χ1) is 11.0. The summed E-state index contributed by atoms with van der Waals surface area (Å²) < 4.78 is 0. The number of benzene rings is 2. The fourth-order valence-corrected chi connectivity index (χ4v) is 1.89. The second-order valence-electron chi connectivity index (χ2n) is 4.81. The minimum absolute atomic E-state index is 0.0348. The normalized spacial score (nSPS) is 10.5. The van der Waals surface area contributed by atoms with Gasteiger partial charge in [0.2, 0.25) is 5.91 Å². The summed E-state index contributed by atoms with van der Waals surface area (Å²) in [5, 5.41) is 13.3. The average Bonchev–Trinajstić information content (AvgIpc) is 2.53. The number of nitro benzene ring substituents is 1. The lowest BCUT2D eigenvalue weighted by atomic mass is 10.1. The van der Waals surface area contributed by atoms with Gasteiger partial charge in [-0.1, -0.05) is 12.1 Å². The molecule has 0 heterocycles. The van der Waals surface area contributed by atoms with Gasteiger partial charge in [0.1, 0.15) is 0 Å². The maximum absolute atomic E-state index is 11.8. The number of anilines is 1. The number of nitrogens with one attached hydrogen (secondary N) is 1. The van der Waals surface area contributed by atoms with E-state index in [2.05, 4.69) is 5.32 Å². The Bertz CT molecular complexity index is 779. The van der Waals surface area contributed by atoms with Crippen LogP contribution in [-0.2, 0) is 4.79 Å². The van der Waals surface area contributed by atoms with Gasteiger partial charge in [0, 0.05) is 29.5 Å². The highest BCUT2D eigenvalue weighted by molar-refractivity contribution is 6.02. The van der Waals surface area contributed by atoms with Crippen LogP contribution in [0.5, 0.6) is 0 Å². The Morgan fingerprint density at radius 3 is 2.43 bits per heavy atom. The second-order valence-corrected chi connectivity index (χ2v) is 4.81. The van der Waals surface area contributed by atoms with Gasteiger partial charge >= 0.3 is 0 Å². The first kappa shape index (κ1) is 16.1. The molecule has 0 aromatic heterocycles. The summed E-state index contributed by atoms with van der Waals surface area (Å²) in [7, 11) is 0. The Balaban J connectivity index is 2.02. The lowest BCUT2D eigenvalue weighted by Crippen LogP contribution is -2.07. The van der Waals surface area contributed by atoms with Gasteiger partial charge < -0.3 is 5.32 Å². The second kappa shape index (κ2) is 7.13. The van der Waals surface area contributed by atoms with Crippen molar-refractivity contribution in [1.29, 1.82) is 0 Å². The van der Waals surface area contributed by atoms with Gasteiger partial charge in [-0.05, 0) is 42.8 Å². The number of nitro groups is 1. The van der Waals surface area contributed by atoms with Crippen LogP contribution in [0.1, 0.15) is 22.8 Å². The van der Waals surface area contributed by atoms with Crippen molar-refractivity contribution in [1.82, 2.24) is 0 Å². The zero-order valence-corrected chi connectivity index (χ0v) is 12.4. The lowest BCUT2D eigenvalue weighted by molar-refractivity contribution is -0.384. The van der Waals surface area contributed by atoms with E-state index in [9.17, 15) is 19.7 Å². The molecule has 2 rings (SSSR count). The fraction of sp³-hybridized carbons (Fsp3) is 0.0588. The van der Waals surface area contributed by atoms with E-state index in [1.165, 1.54) is 31.2 Å². The molecule has 0 bridgehead atoms. The molecule has 6 heteroatoms. The van der Waals surface area contributed by atoms with E-state index in [1.54, 1.807) is 36.4 Å². The molecule has 116 valence electrons. The third-order valence-electron chi connectivity index (χ3n) is 3.07. The van der Waals surface area contributed by atoms with Crippen LogP contribution in [0.25, 0.3) is 6.08 Å². The smallest absolute Gasteiger partial charge is 0.270 e. The average molecular weight is 310 g/mol.